The van der Waals surface area contributed by atoms with Crippen molar-refractivity contribution in [2.24, 2.45) is 5.92 Å². The first kappa shape index (κ1) is 15.3. The fourth-order valence-corrected chi connectivity index (χ4v) is 2.56. The van der Waals surface area contributed by atoms with Crippen molar-refractivity contribution in [2.75, 3.05) is 7.11 Å². The van der Waals surface area contributed by atoms with Crippen LogP contribution in [0.1, 0.15) is 30.0 Å². The second-order valence-corrected chi connectivity index (χ2v) is 5.72. The summed E-state index contributed by atoms with van der Waals surface area (Å²) in [6.07, 6.45) is 9.10. The maximum Gasteiger partial charge on any atom is 0.244 e. The highest BCUT2D eigenvalue weighted by Crippen LogP contribution is 2.41. The van der Waals surface area contributed by atoms with E-state index < -0.39 is 0 Å². The van der Waals surface area contributed by atoms with Crippen LogP contribution in [0.3, 0.4) is 0 Å². The summed E-state index contributed by atoms with van der Waals surface area (Å²) in [6.45, 7) is 0. The number of methoxy groups -OCH3 is 1. The van der Waals surface area contributed by atoms with Crippen LogP contribution in [-0.4, -0.2) is 18.0 Å². The van der Waals surface area contributed by atoms with Crippen LogP contribution in [0.4, 0.5) is 0 Å². The van der Waals surface area contributed by atoms with Gasteiger partial charge in [-0.05, 0) is 54.2 Å². The zero-order valence-corrected chi connectivity index (χ0v) is 13.1. The highest BCUT2D eigenvalue weighted by molar-refractivity contribution is 5.92. The quantitative estimate of drug-likeness (QED) is 0.832. The second kappa shape index (κ2) is 7.09. The van der Waals surface area contributed by atoms with Gasteiger partial charge in [-0.1, -0.05) is 18.2 Å². The van der Waals surface area contributed by atoms with Crippen LogP contribution in [0.2, 0.25) is 0 Å². The van der Waals surface area contributed by atoms with Gasteiger partial charge < -0.3 is 10.1 Å². The molecule has 23 heavy (non-hydrogen) atoms. The van der Waals surface area contributed by atoms with Gasteiger partial charge in [-0.3, -0.25) is 9.78 Å². The fourth-order valence-electron chi connectivity index (χ4n) is 2.56. The molecule has 1 aromatic carbocycles. The average Bonchev–Trinajstić information content (AvgIpc) is 3.44. The second-order valence-electron chi connectivity index (χ2n) is 5.72. The number of aromatic nitrogens is 1. The molecule has 3 rings (SSSR count). The predicted octanol–water partition coefficient (Wildman–Crippen LogP) is 3.37. The highest BCUT2D eigenvalue weighted by Gasteiger charge is 2.33. The molecule has 0 saturated heterocycles. The van der Waals surface area contributed by atoms with Crippen molar-refractivity contribution in [1.82, 2.24) is 10.3 Å². The Morgan fingerprint density at radius 2 is 2.09 bits per heavy atom. The Kier molecular flexibility index (Phi) is 4.71. The maximum atomic E-state index is 12.2. The Hall–Kier alpha value is -2.62. The third kappa shape index (κ3) is 4.19. The van der Waals surface area contributed by atoms with E-state index in [9.17, 15) is 4.79 Å². The topological polar surface area (TPSA) is 51.2 Å². The maximum absolute atomic E-state index is 12.2. The largest absolute Gasteiger partial charge is 0.497 e. The van der Waals surface area contributed by atoms with E-state index in [1.54, 1.807) is 31.7 Å². The van der Waals surface area contributed by atoms with Crippen molar-refractivity contribution in [3.63, 3.8) is 0 Å². The Balaban J connectivity index is 1.67. The van der Waals surface area contributed by atoms with Crippen LogP contribution in [0.25, 0.3) is 6.08 Å². The summed E-state index contributed by atoms with van der Waals surface area (Å²) in [5, 5.41) is 3.12. The zero-order chi connectivity index (χ0) is 16.1. The van der Waals surface area contributed by atoms with Gasteiger partial charge in [-0.15, -0.1) is 0 Å². The van der Waals surface area contributed by atoms with E-state index in [1.807, 2.05) is 36.4 Å². The molecular weight excluding hydrogens is 288 g/mol. The molecule has 4 nitrogen and oxygen atoms in total. The summed E-state index contributed by atoms with van der Waals surface area (Å²) >= 11 is 0. The standard InChI is InChI=1S/C19H20N2O2/c1-23-17-9-7-16(8-10-17)19(15-5-6-15)21-18(22)11-4-14-3-2-12-20-13-14/h2-4,7-13,15,19H,5-6H2,1H3,(H,21,22)/b11-4+. The average molecular weight is 308 g/mol. The first-order valence-corrected chi connectivity index (χ1v) is 7.79. The van der Waals surface area contributed by atoms with Crippen molar-refractivity contribution in [1.29, 1.82) is 0 Å². The van der Waals surface area contributed by atoms with E-state index in [4.69, 9.17) is 4.74 Å². The summed E-state index contributed by atoms with van der Waals surface area (Å²) in [7, 11) is 1.65. The molecular formula is C19H20N2O2. The summed E-state index contributed by atoms with van der Waals surface area (Å²) in [6, 6.07) is 11.7. The lowest BCUT2D eigenvalue weighted by atomic mass is 10.0. The van der Waals surface area contributed by atoms with Gasteiger partial charge in [-0.2, -0.15) is 0 Å². The van der Waals surface area contributed by atoms with Gasteiger partial charge in [0.15, 0.2) is 0 Å². The third-order valence-electron chi connectivity index (χ3n) is 3.98. The molecule has 4 heteroatoms. The van der Waals surface area contributed by atoms with Crippen LogP contribution < -0.4 is 10.1 Å². The minimum atomic E-state index is -0.0819. The number of carbonyl (C=O) groups excluding carboxylic acids is 1. The number of benzene rings is 1. The molecule has 1 aliphatic carbocycles. The number of nitrogens with zero attached hydrogens (tertiary/aromatic N) is 1. The molecule has 1 heterocycles. The van der Waals surface area contributed by atoms with Gasteiger partial charge in [0.25, 0.3) is 0 Å². The minimum Gasteiger partial charge on any atom is -0.497 e. The molecule has 2 aromatic rings. The number of rotatable bonds is 6. The SMILES string of the molecule is COc1ccc(C(NC(=O)/C=C/c2cccnc2)C2CC2)cc1. The Morgan fingerprint density at radius 3 is 2.70 bits per heavy atom. The van der Waals surface area contributed by atoms with Gasteiger partial charge in [0, 0.05) is 18.5 Å². The van der Waals surface area contributed by atoms with E-state index in [1.165, 1.54) is 0 Å². The highest BCUT2D eigenvalue weighted by atomic mass is 16.5. The lowest BCUT2D eigenvalue weighted by molar-refractivity contribution is -0.117. The first-order valence-electron chi connectivity index (χ1n) is 7.79. The van der Waals surface area contributed by atoms with E-state index in [-0.39, 0.29) is 11.9 Å². The number of pyridine rings is 1. The van der Waals surface area contributed by atoms with Crippen LogP contribution in [0.15, 0.2) is 54.9 Å². The molecule has 1 amide bonds. The van der Waals surface area contributed by atoms with E-state index in [0.29, 0.717) is 5.92 Å². The van der Waals surface area contributed by atoms with Crippen molar-refractivity contribution >= 4 is 12.0 Å². The van der Waals surface area contributed by atoms with Crippen LogP contribution in [-0.2, 0) is 4.79 Å². The summed E-state index contributed by atoms with van der Waals surface area (Å²) in [5.74, 6) is 1.27. The lowest BCUT2D eigenvalue weighted by Crippen LogP contribution is -2.28. The van der Waals surface area contributed by atoms with Crippen LogP contribution in [0.5, 0.6) is 5.75 Å². The molecule has 1 aromatic heterocycles. The molecule has 1 fully saturated rings. The monoisotopic (exact) mass is 308 g/mol. The summed E-state index contributed by atoms with van der Waals surface area (Å²) < 4.78 is 5.19. The molecule has 1 aliphatic rings. The Morgan fingerprint density at radius 1 is 1.30 bits per heavy atom. The number of hydrogen-bond acceptors (Lipinski definition) is 3. The Bertz CT molecular complexity index is 676. The Labute approximate surface area is 136 Å². The molecule has 1 N–H and O–H groups in total. The van der Waals surface area contributed by atoms with E-state index in [2.05, 4.69) is 10.3 Å². The molecule has 1 unspecified atom stereocenters. The summed E-state index contributed by atoms with van der Waals surface area (Å²) in [4.78, 5) is 16.2. The normalized spacial score (nSPS) is 15.3. The van der Waals surface area contributed by atoms with E-state index in [0.717, 1.165) is 29.7 Å². The number of amides is 1. The van der Waals surface area contributed by atoms with Crippen LogP contribution in [0, 0.1) is 5.92 Å². The van der Waals surface area contributed by atoms with Gasteiger partial charge >= 0.3 is 0 Å². The van der Waals surface area contributed by atoms with Gasteiger partial charge in [0.1, 0.15) is 5.75 Å². The van der Waals surface area contributed by atoms with Crippen molar-refractivity contribution in [3.8, 4) is 5.75 Å². The van der Waals surface area contributed by atoms with Crippen molar-refractivity contribution in [3.05, 3.63) is 66.0 Å². The predicted molar refractivity (Wildman–Crippen MR) is 89.9 cm³/mol. The third-order valence-corrected chi connectivity index (χ3v) is 3.98. The van der Waals surface area contributed by atoms with Gasteiger partial charge in [0.05, 0.1) is 13.2 Å². The number of hydrogen-bond donors (Lipinski definition) is 1. The lowest BCUT2D eigenvalue weighted by Gasteiger charge is -2.18. The molecule has 1 saturated carbocycles. The molecule has 0 aliphatic heterocycles. The first-order chi connectivity index (χ1) is 11.3. The van der Waals surface area contributed by atoms with Gasteiger partial charge in [-0.25, -0.2) is 0 Å². The number of nitrogens with one attached hydrogen (secondary N) is 1. The number of carbonyl (C=O) groups is 1. The summed E-state index contributed by atoms with van der Waals surface area (Å²) in [5.41, 5.74) is 2.03. The van der Waals surface area contributed by atoms with Crippen LogP contribution >= 0.6 is 0 Å². The molecule has 0 spiro atoms. The number of ether oxygens (including phenoxy) is 1. The minimum absolute atomic E-state index is 0.0620. The molecule has 0 radical (unpaired) electrons. The van der Waals surface area contributed by atoms with Gasteiger partial charge in [0.2, 0.25) is 5.91 Å². The van der Waals surface area contributed by atoms with E-state index >= 15 is 0 Å². The van der Waals surface area contributed by atoms with Crippen molar-refractivity contribution in [2.45, 2.75) is 18.9 Å². The molecule has 1 atom stereocenters. The fraction of sp³-hybridized carbons (Fsp3) is 0.263. The smallest absolute Gasteiger partial charge is 0.244 e. The molecule has 118 valence electrons. The molecule has 0 bridgehead atoms. The van der Waals surface area contributed by atoms with Crippen molar-refractivity contribution < 1.29 is 9.53 Å². The zero-order valence-electron chi connectivity index (χ0n) is 13.1.